The number of aromatic amines is 1. The van der Waals surface area contributed by atoms with Crippen LogP contribution in [-0.4, -0.2) is 105 Å². The Morgan fingerprint density at radius 1 is 0.956 bits per heavy atom. The highest BCUT2D eigenvalue weighted by atomic mass is 32.2. The van der Waals surface area contributed by atoms with Gasteiger partial charge >= 0.3 is 0 Å². The van der Waals surface area contributed by atoms with Crippen molar-refractivity contribution in [3.8, 4) is 5.88 Å². The lowest BCUT2D eigenvalue weighted by Crippen LogP contribution is -2.55. The fraction of sp³-hybridized carbons (Fsp3) is 0.490. The van der Waals surface area contributed by atoms with Crippen molar-refractivity contribution in [2.24, 2.45) is 11.3 Å². The third-order valence-electron chi connectivity index (χ3n) is 15.7. The van der Waals surface area contributed by atoms with Crippen LogP contribution in [0.4, 0.5) is 28.4 Å². The molecule has 1 spiro atoms. The minimum absolute atomic E-state index is 0.115. The number of amides is 1. The summed E-state index contributed by atoms with van der Waals surface area (Å²) in [5.74, 6) is 0.269. The van der Waals surface area contributed by atoms with E-state index in [0.717, 1.165) is 62.5 Å². The maximum Gasteiger partial charge on any atom is 0.293 e. The van der Waals surface area contributed by atoms with E-state index >= 15 is 0 Å². The summed E-state index contributed by atoms with van der Waals surface area (Å²) in [6.45, 7) is 9.82. The van der Waals surface area contributed by atoms with Gasteiger partial charge in [0.2, 0.25) is 5.88 Å². The molecule has 3 aromatic carbocycles. The van der Waals surface area contributed by atoms with Gasteiger partial charge in [-0.1, -0.05) is 38.1 Å². The summed E-state index contributed by atoms with van der Waals surface area (Å²) in [7, 11) is -4.59. The van der Waals surface area contributed by atoms with Crippen molar-refractivity contribution in [2.45, 2.75) is 100 Å². The summed E-state index contributed by atoms with van der Waals surface area (Å²) in [6, 6.07) is 22.9. The molecule has 11 rings (SSSR count). The second-order valence-electron chi connectivity index (χ2n) is 20.1. The van der Waals surface area contributed by atoms with Crippen LogP contribution in [-0.2, 0) is 19.5 Å². The van der Waals surface area contributed by atoms with Gasteiger partial charge in [0.1, 0.15) is 23.1 Å². The molecule has 1 amide bonds. The number of aromatic nitrogens is 2. The number of carbonyl (C=O) groups excluding carboxylic acids is 1. The maximum atomic E-state index is 14.6. The Hall–Kier alpha value is -5.75. The number of carbonyl (C=O) groups is 1. The second kappa shape index (κ2) is 18.0. The summed E-state index contributed by atoms with van der Waals surface area (Å²) in [4.78, 5) is 41.0. The zero-order valence-corrected chi connectivity index (χ0v) is 39.5. The standard InChI is InChI=1S/C51H60N8O8S/c1-32(2)38-6-3-4-7-39(38)42-8-5-19-57(42)36-27-51(28-36)16-20-56(21-17-51)35-9-11-40(43(25-35)58-45-24-34-13-18-52-48(34)54-50(45)67-47-31-66-30-46(47)58)49(60)55-68(63,64)37-10-12-41(44(26-37)59(61)62)53-29-33-14-22-65-23-15-33/h3-4,6-7,9-13,18,24-26,32-33,36,42,46-47,53H,5,8,14-17,19-23,27-31H2,1-2H3,(H,52,54)(H,55,60)/t42-,46-,47+/m0/s1. The zero-order chi connectivity index (χ0) is 46.7. The molecule has 0 radical (unpaired) electrons. The van der Waals surface area contributed by atoms with E-state index in [0.29, 0.717) is 79.3 Å². The average Bonchev–Trinajstić information content (AvgIpc) is 4.13. The van der Waals surface area contributed by atoms with Crippen molar-refractivity contribution in [1.29, 1.82) is 0 Å². The Balaban J connectivity index is 0.865. The molecule has 16 nitrogen and oxygen atoms in total. The predicted molar refractivity (Wildman–Crippen MR) is 260 cm³/mol. The second-order valence-corrected chi connectivity index (χ2v) is 21.8. The largest absolute Gasteiger partial charge is 0.468 e. The fourth-order valence-corrected chi connectivity index (χ4v) is 13.0. The van der Waals surface area contributed by atoms with Crippen molar-refractivity contribution >= 4 is 55.4 Å². The van der Waals surface area contributed by atoms with Gasteiger partial charge in [0.25, 0.3) is 21.6 Å². The molecule has 7 heterocycles. The Labute approximate surface area is 396 Å². The number of rotatable bonds is 12. The lowest BCUT2D eigenvalue weighted by Gasteiger charge is -2.56. The van der Waals surface area contributed by atoms with E-state index in [-0.39, 0.29) is 23.2 Å². The van der Waals surface area contributed by atoms with Crippen molar-refractivity contribution in [3.63, 3.8) is 0 Å². The number of nitro groups is 1. The lowest BCUT2D eigenvalue weighted by molar-refractivity contribution is -0.384. The van der Waals surface area contributed by atoms with Crippen LogP contribution in [0, 0.1) is 21.4 Å². The van der Waals surface area contributed by atoms with E-state index in [1.165, 1.54) is 48.9 Å². The van der Waals surface area contributed by atoms with Gasteiger partial charge in [-0.15, -0.1) is 0 Å². The van der Waals surface area contributed by atoms with Crippen LogP contribution in [0.3, 0.4) is 0 Å². The third kappa shape index (κ3) is 8.34. The monoisotopic (exact) mass is 944 g/mol. The number of fused-ring (bicyclic) bond motifs is 3. The molecule has 17 heteroatoms. The van der Waals surface area contributed by atoms with Crippen molar-refractivity contribution in [2.75, 3.05) is 67.7 Å². The van der Waals surface area contributed by atoms with Gasteiger partial charge in [0, 0.05) is 68.3 Å². The van der Waals surface area contributed by atoms with E-state index in [9.17, 15) is 23.3 Å². The van der Waals surface area contributed by atoms with Crippen LogP contribution in [0.2, 0.25) is 0 Å². The van der Waals surface area contributed by atoms with Crippen molar-refractivity contribution in [3.05, 3.63) is 106 Å². The molecule has 2 aromatic heterocycles. The minimum Gasteiger partial charge on any atom is -0.468 e. The van der Waals surface area contributed by atoms with Crippen LogP contribution < -0.4 is 24.6 Å². The molecule has 3 N–H and O–H groups in total. The smallest absolute Gasteiger partial charge is 0.293 e. The number of nitro benzene ring substituents is 1. The number of nitrogens with zero attached hydrogens (tertiary/aromatic N) is 5. The molecule has 358 valence electrons. The number of pyridine rings is 1. The molecule has 0 bridgehead atoms. The summed E-state index contributed by atoms with van der Waals surface area (Å²) in [5, 5.41) is 16.3. The first kappa shape index (κ1) is 44.7. The molecule has 1 aliphatic carbocycles. The van der Waals surface area contributed by atoms with Gasteiger partial charge in [0.15, 0.2) is 0 Å². The highest BCUT2D eigenvalue weighted by molar-refractivity contribution is 7.90. The van der Waals surface area contributed by atoms with E-state index < -0.39 is 37.5 Å². The van der Waals surface area contributed by atoms with Gasteiger partial charge in [0.05, 0.1) is 40.3 Å². The number of sulfonamides is 1. The van der Waals surface area contributed by atoms with E-state index in [2.05, 4.69) is 62.9 Å². The van der Waals surface area contributed by atoms with Gasteiger partial charge in [-0.3, -0.25) is 19.8 Å². The van der Waals surface area contributed by atoms with Gasteiger partial charge in [-0.25, -0.2) is 13.1 Å². The number of nitrogens with one attached hydrogen (secondary N) is 3. The van der Waals surface area contributed by atoms with Crippen LogP contribution in [0.15, 0.2) is 83.9 Å². The number of benzene rings is 3. The Bertz CT molecular complexity index is 2830. The maximum absolute atomic E-state index is 14.6. The van der Waals surface area contributed by atoms with E-state index in [4.69, 9.17) is 19.2 Å². The molecule has 6 aliphatic rings. The number of ether oxygens (including phenoxy) is 3. The Morgan fingerprint density at radius 2 is 1.76 bits per heavy atom. The molecular formula is C51H60N8O8S. The highest BCUT2D eigenvalue weighted by Crippen LogP contribution is 2.55. The van der Waals surface area contributed by atoms with E-state index in [1.807, 2.05) is 35.4 Å². The topological polar surface area (TPSA) is 184 Å². The summed E-state index contributed by atoms with van der Waals surface area (Å²) < 4.78 is 48.3. The number of hydrogen-bond donors (Lipinski definition) is 3. The molecule has 4 saturated heterocycles. The van der Waals surface area contributed by atoms with E-state index in [1.54, 1.807) is 6.07 Å². The number of likely N-dealkylation sites (tertiary alicyclic amines) is 1. The van der Waals surface area contributed by atoms with Crippen LogP contribution >= 0.6 is 0 Å². The quantitative estimate of drug-likeness (QED) is 0.0801. The first-order chi connectivity index (χ1) is 32.9. The molecular weight excluding hydrogens is 885 g/mol. The lowest BCUT2D eigenvalue weighted by atomic mass is 9.59. The molecule has 1 saturated carbocycles. The molecule has 0 unspecified atom stereocenters. The number of H-pyrrole nitrogens is 1. The molecule has 3 atom stereocenters. The normalized spacial score (nSPS) is 23.1. The van der Waals surface area contributed by atoms with Gasteiger partial charge < -0.3 is 34.3 Å². The third-order valence-corrected chi connectivity index (χ3v) is 17.0. The van der Waals surface area contributed by atoms with Crippen molar-refractivity contribution in [1.82, 2.24) is 19.6 Å². The highest BCUT2D eigenvalue weighted by Gasteiger charge is 2.50. The predicted octanol–water partition coefficient (Wildman–Crippen LogP) is 8.44. The van der Waals surface area contributed by atoms with Gasteiger partial charge in [-0.05, 0) is 129 Å². The fourth-order valence-electron chi connectivity index (χ4n) is 12.0. The van der Waals surface area contributed by atoms with Crippen LogP contribution in [0.5, 0.6) is 5.88 Å². The summed E-state index contributed by atoms with van der Waals surface area (Å²) in [6.07, 6.45) is 10.0. The van der Waals surface area contributed by atoms with Crippen LogP contribution in [0.1, 0.15) is 98.7 Å². The van der Waals surface area contributed by atoms with Crippen LogP contribution in [0.25, 0.3) is 11.0 Å². The minimum atomic E-state index is -4.59. The number of anilines is 4. The molecule has 5 fully saturated rings. The average molecular weight is 945 g/mol. The molecule has 68 heavy (non-hydrogen) atoms. The van der Waals surface area contributed by atoms with Gasteiger partial charge in [-0.2, -0.15) is 4.98 Å². The van der Waals surface area contributed by atoms with Crippen molar-refractivity contribution < 1.29 is 32.3 Å². The molecule has 5 aromatic rings. The first-order valence-corrected chi connectivity index (χ1v) is 25.8. The SMILES string of the molecule is CC(C)c1ccccc1[C@@H]1CCCN1C1CC2(CCN(c3ccc(C(=O)NS(=O)(=O)c4ccc(NCC5CCOCC5)c([N+](=O)[O-])c4)c(N4c5cc6cc[nH]c6nc5O[C@@H]5COC[C@@H]54)c3)CC2)C1. The summed E-state index contributed by atoms with van der Waals surface area (Å²) >= 11 is 0. The first-order valence-electron chi connectivity index (χ1n) is 24.4. The Morgan fingerprint density at radius 3 is 2.56 bits per heavy atom. The Kier molecular flexibility index (Phi) is 11.8. The molecule has 5 aliphatic heterocycles. The zero-order valence-electron chi connectivity index (χ0n) is 38.7. The number of piperidine rings is 1. The number of hydrogen-bond acceptors (Lipinski definition) is 13. The summed E-state index contributed by atoms with van der Waals surface area (Å²) in [5.41, 5.74) is 5.88.